The molecule has 0 spiro atoms. The van der Waals surface area contributed by atoms with Crippen molar-refractivity contribution in [2.45, 2.75) is 18.4 Å². The number of benzene rings is 3. The van der Waals surface area contributed by atoms with Crippen molar-refractivity contribution in [3.63, 3.8) is 0 Å². The Morgan fingerprint density at radius 3 is 2.20 bits per heavy atom. The van der Waals surface area contributed by atoms with E-state index in [0.29, 0.717) is 12.2 Å². The number of carbonyl (C=O) groups excluding carboxylic acids is 1. The van der Waals surface area contributed by atoms with Crippen molar-refractivity contribution in [2.24, 2.45) is 0 Å². The highest BCUT2D eigenvalue weighted by Gasteiger charge is 2.23. The number of halogens is 1. The van der Waals surface area contributed by atoms with Gasteiger partial charge in [0.1, 0.15) is 0 Å². The lowest BCUT2D eigenvalue weighted by molar-refractivity contribution is 0.0785. The number of sulfonamides is 1. The molecule has 30 heavy (non-hydrogen) atoms. The van der Waals surface area contributed by atoms with Crippen LogP contribution in [0.15, 0.2) is 77.7 Å². The van der Waals surface area contributed by atoms with E-state index in [9.17, 15) is 13.2 Å². The summed E-state index contributed by atoms with van der Waals surface area (Å²) in [7, 11) is -0.611. The number of hydrogen-bond donors (Lipinski definition) is 0. The standard InChI is InChI=1S/C23H23ClN2O3S/c1-17-9-11-18(12-10-17)16-25(2)23(27)21-15-19(13-14-22(21)24)26(3)30(28,29)20-7-5-4-6-8-20/h4-15H,16H2,1-3H3. The number of rotatable bonds is 6. The van der Waals surface area contributed by atoms with Crippen LogP contribution >= 0.6 is 11.6 Å². The van der Waals surface area contributed by atoms with Gasteiger partial charge in [-0.2, -0.15) is 0 Å². The van der Waals surface area contributed by atoms with Crippen LogP contribution < -0.4 is 4.31 Å². The molecule has 0 aromatic heterocycles. The van der Waals surface area contributed by atoms with E-state index < -0.39 is 10.0 Å². The van der Waals surface area contributed by atoms with Crippen molar-refractivity contribution in [3.8, 4) is 0 Å². The van der Waals surface area contributed by atoms with Crippen LogP contribution in [0, 0.1) is 6.92 Å². The van der Waals surface area contributed by atoms with Gasteiger partial charge in [0, 0.05) is 20.6 Å². The topological polar surface area (TPSA) is 57.7 Å². The van der Waals surface area contributed by atoms with E-state index in [4.69, 9.17) is 11.6 Å². The van der Waals surface area contributed by atoms with Gasteiger partial charge in [0.25, 0.3) is 15.9 Å². The summed E-state index contributed by atoms with van der Waals surface area (Å²) in [5.41, 5.74) is 2.74. The van der Waals surface area contributed by atoms with Gasteiger partial charge >= 0.3 is 0 Å². The molecule has 1 amide bonds. The lowest BCUT2D eigenvalue weighted by Gasteiger charge is -2.22. The molecule has 0 heterocycles. The number of aryl methyl sites for hydroxylation is 1. The van der Waals surface area contributed by atoms with Gasteiger partial charge < -0.3 is 4.90 Å². The van der Waals surface area contributed by atoms with Gasteiger partial charge in [-0.05, 0) is 42.8 Å². The van der Waals surface area contributed by atoms with Crippen molar-refractivity contribution >= 4 is 33.2 Å². The monoisotopic (exact) mass is 442 g/mol. The van der Waals surface area contributed by atoms with Crippen LogP contribution in [0.1, 0.15) is 21.5 Å². The summed E-state index contributed by atoms with van der Waals surface area (Å²) in [6, 6.07) is 20.7. The third kappa shape index (κ3) is 4.66. The largest absolute Gasteiger partial charge is 0.337 e. The molecule has 0 aliphatic heterocycles. The van der Waals surface area contributed by atoms with E-state index >= 15 is 0 Å². The first-order valence-corrected chi connectivity index (χ1v) is 11.2. The molecule has 0 bridgehead atoms. The van der Waals surface area contributed by atoms with Crippen molar-refractivity contribution in [3.05, 3.63) is 94.5 Å². The molecule has 0 aliphatic carbocycles. The Hall–Kier alpha value is -2.83. The van der Waals surface area contributed by atoms with Gasteiger partial charge in [-0.1, -0.05) is 59.6 Å². The summed E-state index contributed by atoms with van der Waals surface area (Å²) in [6.45, 7) is 2.42. The van der Waals surface area contributed by atoms with Crippen LogP contribution in [-0.2, 0) is 16.6 Å². The molecule has 3 aromatic carbocycles. The average Bonchev–Trinajstić information content (AvgIpc) is 2.75. The third-order valence-corrected chi connectivity index (χ3v) is 6.96. The second-order valence-corrected chi connectivity index (χ2v) is 9.47. The van der Waals surface area contributed by atoms with Gasteiger partial charge in [0.2, 0.25) is 0 Å². The summed E-state index contributed by atoms with van der Waals surface area (Å²) in [5, 5.41) is 0.269. The summed E-state index contributed by atoms with van der Waals surface area (Å²) in [6.07, 6.45) is 0. The second-order valence-electron chi connectivity index (χ2n) is 7.10. The SMILES string of the molecule is Cc1ccc(CN(C)C(=O)c2cc(N(C)S(=O)(=O)c3ccccc3)ccc2Cl)cc1. The molecule has 0 N–H and O–H groups in total. The van der Waals surface area contributed by atoms with Crippen molar-refractivity contribution in [2.75, 3.05) is 18.4 Å². The molecule has 0 aliphatic rings. The highest BCUT2D eigenvalue weighted by Crippen LogP contribution is 2.27. The van der Waals surface area contributed by atoms with Gasteiger partial charge in [0.05, 0.1) is 21.2 Å². The minimum atomic E-state index is -3.75. The lowest BCUT2D eigenvalue weighted by atomic mass is 10.1. The minimum Gasteiger partial charge on any atom is -0.337 e. The number of anilines is 1. The van der Waals surface area contributed by atoms with Crippen LogP contribution in [0.2, 0.25) is 5.02 Å². The average molecular weight is 443 g/mol. The molecule has 0 fully saturated rings. The normalized spacial score (nSPS) is 11.2. The first kappa shape index (κ1) is 21.9. The predicted octanol–water partition coefficient (Wildman–Crippen LogP) is 4.75. The Kier molecular flexibility index (Phi) is 6.48. The Balaban J connectivity index is 1.87. The first-order valence-electron chi connectivity index (χ1n) is 9.34. The maximum absolute atomic E-state index is 13.0. The molecular weight excluding hydrogens is 420 g/mol. The zero-order valence-electron chi connectivity index (χ0n) is 17.0. The van der Waals surface area contributed by atoms with E-state index in [1.165, 1.54) is 25.2 Å². The Labute approximate surface area is 182 Å². The lowest BCUT2D eigenvalue weighted by Crippen LogP contribution is -2.28. The van der Waals surface area contributed by atoms with Gasteiger partial charge in [-0.25, -0.2) is 8.42 Å². The van der Waals surface area contributed by atoms with Crippen LogP contribution in [-0.4, -0.2) is 33.3 Å². The maximum atomic E-state index is 13.0. The molecule has 0 unspecified atom stereocenters. The van der Waals surface area contributed by atoms with Crippen molar-refractivity contribution in [1.29, 1.82) is 0 Å². The fourth-order valence-electron chi connectivity index (χ4n) is 3.01. The van der Waals surface area contributed by atoms with Gasteiger partial charge in [-0.15, -0.1) is 0 Å². The Morgan fingerprint density at radius 1 is 0.933 bits per heavy atom. The minimum absolute atomic E-state index is 0.173. The van der Waals surface area contributed by atoms with Crippen LogP contribution in [0.3, 0.4) is 0 Å². The fourth-order valence-corrected chi connectivity index (χ4v) is 4.41. The third-order valence-electron chi connectivity index (χ3n) is 4.83. The fraction of sp³-hybridized carbons (Fsp3) is 0.174. The molecule has 3 rings (SSSR count). The van der Waals surface area contributed by atoms with Crippen LogP contribution in [0.25, 0.3) is 0 Å². The Morgan fingerprint density at radius 2 is 1.57 bits per heavy atom. The van der Waals surface area contributed by atoms with Gasteiger partial charge in [0.15, 0.2) is 0 Å². The Bertz CT molecular complexity index is 1150. The van der Waals surface area contributed by atoms with Crippen molar-refractivity contribution in [1.82, 2.24) is 4.90 Å². The van der Waals surface area contributed by atoms with Crippen LogP contribution in [0.4, 0.5) is 5.69 Å². The summed E-state index contributed by atoms with van der Waals surface area (Å²) in [4.78, 5) is 14.7. The number of carbonyl (C=O) groups is 1. The molecule has 5 nitrogen and oxygen atoms in total. The number of amides is 1. The quantitative estimate of drug-likeness (QED) is 0.553. The summed E-state index contributed by atoms with van der Waals surface area (Å²) < 4.78 is 26.9. The highest BCUT2D eigenvalue weighted by atomic mass is 35.5. The molecule has 0 radical (unpaired) electrons. The molecular formula is C23H23ClN2O3S. The van der Waals surface area contributed by atoms with Crippen LogP contribution in [0.5, 0.6) is 0 Å². The number of hydrogen-bond acceptors (Lipinski definition) is 3. The molecule has 3 aromatic rings. The smallest absolute Gasteiger partial charge is 0.264 e. The molecule has 0 saturated heterocycles. The molecule has 0 saturated carbocycles. The van der Waals surface area contributed by atoms with Crippen molar-refractivity contribution < 1.29 is 13.2 Å². The zero-order valence-corrected chi connectivity index (χ0v) is 18.6. The van der Waals surface area contributed by atoms with E-state index in [2.05, 4.69) is 0 Å². The number of nitrogens with zero attached hydrogens (tertiary/aromatic N) is 2. The second kappa shape index (κ2) is 8.90. The predicted molar refractivity (Wildman–Crippen MR) is 120 cm³/mol. The van der Waals surface area contributed by atoms with E-state index in [0.717, 1.165) is 15.4 Å². The summed E-state index contributed by atoms with van der Waals surface area (Å²) >= 11 is 6.28. The van der Waals surface area contributed by atoms with Gasteiger partial charge in [-0.3, -0.25) is 9.10 Å². The highest BCUT2D eigenvalue weighted by molar-refractivity contribution is 7.92. The molecule has 7 heteroatoms. The zero-order chi connectivity index (χ0) is 21.9. The molecule has 0 atom stereocenters. The first-order chi connectivity index (χ1) is 14.2. The summed E-state index contributed by atoms with van der Waals surface area (Å²) in [5.74, 6) is -0.284. The van der Waals surface area contributed by atoms with E-state index in [-0.39, 0.29) is 21.4 Å². The maximum Gasteiger partial charge on any atom is 0.264 e. The van der Waals surface area contributed by atoms with E-state index in [1.54, 1.807) is 42.3 Å². The van der Waals surface area contributed by atoms with E-state index in [1.807, 2.05) is 31.2 Å². The molecule has 156 valence electrons.